The summed E-state index contributed by atoms with van der Waals surface area (Å²) in [6.45, 7) is 0.793. The molecule has 3 aromatic carbocycles. The first-order valence-corrected chi connectivity index (χ1v) is 12.4. The Morgan fingerprint density at radius 2 is 1.97 bits per heavy atom. The number of anilines is 1. The number of fused-ring (bicyclic) bond motifs is 1. The molecule has 2 heterocycles. The van der Waals surface area contributed by atoms with Crippen LogP contribution in [0.5, 0.6) is 5.75 Å². The van der Waals surface area contributed by atoms with Crippen molar-refractivity contribution >= 4 is 28.5 Å². The van der Waals surface area contributed by atoms with Crippen molar-refractivity contribution in [1.29, 1.82) is 0 Å². The molecule has 10 heteroatoms. The normalized spacial score (nSPS) is 15.8. The Bertz CT molecular complexity index is 1420. The molecule has 1 aliphatic heterocycles. The van der Waals surface area contributed by atoms with Gasteiger partial charge in [0.2, 0.25) is 11.8 Å². The highest BCUT2D eigenvalue weighted by Gasteiger charge is 2.34. The lowest BCUT2D eigenvalue weighted by atomic mass is 10.0. The molecule has 1 N–H and O–H groups in total. The highest BCUT2D eigenvalue weighted by Crippen LogP contribution is 2.31. The second-order valence-corrected chi connectivity index (χ2v) is 9.04. The number of amides is 2. The average molecular weight is 518 g/mol. The number of methoxy groups -OCH3 is 1. The molecule has 1 saturated heterocycles. The fourth-order valence-electron chi connectivity index (χ4n) is 4.62. The van der Waals surface area contributed by atoms with E-state index in [4.69, 9.17) is 9.47 Å². The Labute approximate surface area is 219 Å². The van der Waals surface area contributed by atoms with E-state index < -0.39 is 23.7 Å². The second kappa shape index (κ2) is 11.4. The fraction of sp³-hybridized carbons (Fsp3) is 0.286. The molecule has 0 unspecified atom stereocenters. The Balaban J connectivity index is 1.54. The number of carbonyl (C=O) groups is 2. The fourth-order valence-corrected chi connectivity index (χ4v) is 4.62. The van der Waals surface area contributed by atoms with E-state index in [1.165, 1.54) is 41.0 Å². The number of aromatic nitrogens is 3. The number of hydrogen-bond donors (Lipinski definition) is 1. The summed E-state index contributed by atoms with van der Waals surface area (Å²) in [5, 5.41) is 11.2. The van der Waals surface area contributed by atoms with Crippen molar-refractivity contribution in [2.75, 3.05) is 25.2 Å². The molecular weight excluding hydrogens is 489 g/mol. The number of ether oxygens (including phenoxy) is 2. The van der Waals surface area contributed by atoms with Gasteiger partial charge in [-0.05, 0) is 66.9 Å². The van der Waals surface area contributed by atoms with Crippen LogP contribution in [0.3, 0.4) is 0 Å². The minimum absolute atomic E-state index is 0.0820. The summed E-state index contributed by atoms with van der Waals surface area (Å²) >= 11 is 0. The number of hydrogen-bond acceptors (Lipinski definition) is 6. The lowest BCUT2D eigenvalue weighted by Crippen LogP contribution is -2.46. The van der Waals surface area contributed by atoms with Crippen LogP contribution in [0.1, 0.15) is 24.4 Å². The van der Waals surface area contributed by atoms with Gasteiger partial charge in [-0.15, -0.1) is 5.10 Å². The van der Waals surface area contributed by atoms with Gasteiger partial charge in [-0.1, -0.05) is 29.5 Å². The van der Waals surface area contributed by atoms with E-state index >= 15 is 0 Å². The second-order valence-electron chi connectivity index (χ2n) is 9.04. The van der Waals surface area contributed by atoms with Gasteiger partial charge < -0.3 is 14.8 Å². The topological polar surface area (TPSA) is 98.6 Å². The number of carbonyl (C=O) groups excluding carboxylic acids is 2. The minimum Gasteiger partial charge on any atom is -0.497 e. The lowest BCUT2D eigenvalue weighted by molar-refractivity contribution is -0.127. The quantitative estimate of drug-likeness (QED) is 0.364. The van der Waals surface area contributed by atoms with Crippen molar-refractivity contribution < 1.29 is 23.5 Å². The van der Waals surface area contributed by atoms with E-state index in [0.717, 1.165) is 12.8 Å². The van der Waals surface area contributed by atoms with Crippen LogP contribution in [0.4, 0.5) is 10.1 Å². The molecule has 1 fully saturated rings. The Morgan fingerprint density at radius 1 is 1.16 bits per heavy atom. The summed E-state index contributed by atoms with van der Waals surface area (Å²) in [4.78, 5) is 29.1. The molecule has 0 bridgehead atoms. The van der Waals surface area contributed by atoms with Crippen molar-refractivity contribution in [1.82, 2.24) is 20.3 Å². The van der Waals surface area contributed by atoms with E-state index in [1.54, 1.807) is 30.3 Å². The van der Waals surface area contributed by atoms with Crippen molar-refractivity contribution in [3.63, 3.8) is 0 Å². The molecule has 4 aromatic rings. The van der Waals surface area contributed by atoms with Crippen molar-refractivity contribution in [3.05, 3.63) is 84.2 Å². The summed E-state index contributed by atoms with van der Waals surface area (Å²) in [6, 6.07) is 18.7. The predicted molar refractivity (Wildman–Crippen MR) is 139 cm³/mol. The van der Waals surface area contributed by atoms with Gasteiger partial charge in [-0.25, -0.2) is 9.07 Å². The van der Waals surface area contributed by atoms with E-state index in [1.807, 2.05) is 18.2 Å². The van der Waals surface area contributed by atoms with E-state index in [2.05, 4.69) is 15.6 Å². The average Bonchev–Trinajstić information content (AvgIpc) is 3.61. The van der Waals surface area contributed by atoms with Gasteiger partial charge >= 0.3 is 0 Å². The zero-order valence-corrected chi connectivity index (χ0v) is 20.9. The van der Waals surface area contributed by atoms with Crippen LogP contribution >= 0.6 is 0 Å². The molecule has 0 saturated carbocycles. The first-order chi connectivity index (χ1) is 18.5. The molecule has 2 atom stereocenters. The predicted octanol–water partition coefficient (Wildman–Crippen LogP) is 3.65. The van der Waals surface area contributed by atoms with Crippen LogP contribution in [-0.2, 0) is 20.9 Å². The molecular formula is C28H28FN5O4. The third-order valence-corrected chi connectivity index (χ3v) is 6.52. The number of nitrogens with one attached hydrogen (secondary N) is 1. The van der Waals surface area contributed by atoms with Crippen molar-refractivity contribution in [3.8, 4) is 5.75 Å². The summed E-state index contributed by atoms with van der Waals surface area (Å²) in [7, 11) is 1.53. The molecule has 196 valence electrons. The molecule has 0 aliphatic carbocycles. The molecule has 0 radical (unpaired) electrons. The van der Waals surface area contributed by atoms with E-state index in [9.17, 15) is 14.0 Å². The van der Waals surface area contributed by atoms with Gasteiger partial charge in [0.25, 0.3) is 0 Å². The van der Waals surface area contributed by atoms with Crippen LogP contribution in [0.2, 0.25) is 0 Å². The maximum absolute atomic E-state index is 14.0. The summed E-state index contributed by atoms with van der Waals surface area (Å²) in [5.41, 5.74) is 2.23. The number of rotatable bonds is 9. The van der Waals surface area contributed by atoms with Gasteiger partial charge in [0.1, 0.15) is 29.7 Å². The highest BCUT2D eigenvalue weighted by atomic mass is 19.1. The molecule has 5 rings (SSSR count). The maximum Gasteiger partial charge on any atom is 0.249 e. The zero-order chi connectivity index (χ0) is 26.5. The summed E-state index contributed by atoms with van der Waals surface area (Å²) in [6.07, 6.45) is 1.71. The molecule has 38 heavy (non-hydrogen) atoms. The maximum atomic E-state index is 14.0. The summed E-state index contributed by atoms with van der Waals surface area (Å²) in [5.74, 6) is -0.736. The van der Waals surface area contributed by atoms with Crippen LogP contribution in [0.25, 0.3) is 11.0 Å². The number of halogens is 1. The molecule has 2 amide bonds. The van der Waals surface area contributed by atoms with Crippen molar-refractivity contribution in [2.24, 2.45) is 0 Å². The van der Waals surface area contributed by atoms with Gasteiger partial charge in [0, 0.05) is 18.8 Å². The minimum atomic E-state index is -1.07. The Hall–Kier alpha value is -4.31. The molecule has 1 aliphatic rings. The number of para-hydroxylation sites is 1. The van der Waals surface area contributed by atoms with Gasteiger partial charge in [0.15, 0.2) is 0 Å². The Kier molecular flexibility index (Phi) is 7.60. The summed E-state index contributed by atoms with van der Waals surface area (Å²) < 4.78 is 26.4. The van der Waals surface area contributed by atoms with E-state index in [-0.39, 0.29) is 12.6 Å². The SMILES string of the molecule is COc1cccc([C@H](C(=O)NC[C@H]2CCCO2)N(C(=O)Cn2nnc3ccccc32)c2ccc(F)cc2)c1. The Morgan fingerprint density at radius 3 is 2.74 bits per heavy atom. The van der Waals surface area contributed by atoms with Gasteiger partial charge in [-0.3, -0.25) is 14.5 Å². The van der Waals surface area contributed by atoms with E-state index in [0.29, 0.717) is 41.2 Å². The number of benzene rings is 3. The van der Waals surface area contributed by atoms with Crippen LogP contribution in [-0.4, -0.2) is 53.2 Å². The smallest absolute Gasteiger partial charge is 0.249 e. The highest BCUT2D eigenvalue weighted by molar-refractivity contribution is 6.01. The zero-order valence-electron chi connectivity index (χ0n) is 20.9. The standard InChI is InChI=1S/C28H28FN5O4/c1-37-22-7-4-6-19(16-22)27(28(36)30-17-23-8-5-15-38-23)34(21-13-11-20(29)12-14-21)26(35)18-33-25-10-3-2-9-24(25)31-32-33/h2-4,6-7,9-14,16,23,27H,5,8,15,17-18H2,1H3,(H,30,36)/t23-,27-/m1/s1. The largest absolute Gasteiger partial charge is 0.497 e. The first kappa shape index (κ1) is 25.3. The molecule has 1 aromatic heterocycles. The van der Waals surface area contributed by atoms with Gasteiger partial charge in [0.05, 0.1) is 18.7 Å². The monoisotopic (exact) mass is 517 g/mol. The van der Waals surface area contributed by atoms with Crippen LogP contribution in [0.15, 0.2) is 72.8 Å². The lowest BCUT2D eigenvalue weighted by Gasteiger charge is -2.32. The molecule has 9 nitrogen and oxygen atoms in total. The van der Waals surface area contributed by atoms with Crippen molar-refractivity contribution in [2.45, 2.75) is 31.5 Å². The number of nitrogens with zero attached hydrogens (tertiary/aromatic N) is 4. The third kappa shape index (κ3) is 5.50. The molecule has 0 spiro atoms. The van der Waals surface area contributed by atoms with Gasteiger partial charge in [-0.2, -0.15) is 0 Å². The van der Waals surface area contributed by atoms with Crippen LogP contribution in [0, 0.1) is 5.82 Å². The first-order valence-electron chi connectivity index (χ1n) is 12.4. The third-order valence-electron chi connectivity index (χ3n) is 6.52. The van der Waals surface area contributed by atoms with Crippen LogP contribution < -0.4 is 15.0 Å².